The summed E-state index contributed by atoms with van der Waals surface area (Å²) in [6.45, 7) is 6.45. The molecule has 0 bridgehead atoms. The van der Waals surface area contributed by atoms with Gasteiger partial charge in [0.2, 0.25) is 0 Å². The first-order valence-electron chi connectivity index (χ1n) is 7.59. The van der Waals surface area contributed by atoms with Crippen molar-refractivity contribution in [3.63, 3.8) is 0 Å². The zero-order chi connectivity index (χ0) is 17.9. The highest BCUT2D eigenvalue weighted by Crippen LogP contribution is 2.31. The maximum Gasteiger partial charge on any atom is 0.255 e. The number of ether oxygens (including phenoxy) is 2. The summed E-state index contributed by atoms with van der Waals surface area (Å²) in [6.07, 6.45) is 0. The van der Waals surface area contributed by atoms with Crippen LogP contribution in [-0.4, -0.2) is 20.1 Å². The molecule has 2 aromatic rings. The molecule has 0 aromatic heterocycles. The van der Waals surface area contributed by atoms with E-state index in [1.807, 2.05) is 18.2 Å². The van der Waals surface area contributed by atoms with Gasteiger partial charge in [-0.15, -0.1) is 0 Å². The topological polar surface area (TPSA) is 47.6 Å². The van der Waals surface area contributed by atoms with Gasteiger partial charge in [0.05, 0.1) is 19.9 Å². The predicted octanol–water partition coefficient (Wildman–Crippen LogP) is 5.02. The molecule has 1 N–H and O–H groups in total. The lowest BCUT2D eigenvalue weighted by Gasteiger charge is -2.20. The number of hydrogen-bond donors (Lipinski definition) is 1. The Hall–Kier alpha value is -2.01. The Morgan fingerprint density at radius 1 is 1.00 bits per heavy atom. The van der Waals surface area contributed by atoms with Gasteiger partial charge < -0.3 is 14.8 Å². The number of halogens is 1. The zero-order valence-electron chi connectivity index (χ0n) is 14.6. The first-order chi connectivity index (χ1) is 11.3. The van der Waals surface area contributed by atoms with Crippen LogP contribution in [0.5, 0.6) is 11.5 Å². The zero-order valence-corrected chi connectivity index (χ0v) is 16.2. The Morgan fingerprint density at radius 2 is 1.67 bits per heavy atom. The van der Waals surface area contributed by atoms with Crippen molar-refractivity contribution in [3.05, 3.63) is 52.0 Å². The van der Waals surface area contributed by atoms with Crippen molar-refractivity contribution >= 4 is 27.5 Å². The molecule has 1 amide bonds. The molecule has 2 rings (SSSR count). The van der Waals surface area contributed by atoms with E-state index in [9.17, 15) is 4.79 Å². The summed E-state index contributed by atoms with van der Waals surface area (Å²) in [6, 6.07) is 11.0. The summed E-state index contributed by atoms with van der Waals surface area (Å²) in [5.74, 6) is 0.900. The predicted molar refractivity (Wildman–Crippen MR) is 100 cm³/mol. The van der Waals surface area contributed by atoms with Crippen LogP contribution in [0.4, 0.5) is 5.69 Å². The van der Waals surface area contributed by atoms with Crippen molar-refractivity contribution in [2.75, 3.05) is 19.5 Å². The Bertz CT molecular complexity index is 751. The lowest BCUT2D eigenvalue weighted by atomic mass is 9.87. The SMILES string of the molecule is COc1ccc(C(=O)Nc2ccc(C(C)(C)C)cc2Br)cc1OC. The van der Waals surface area contributed by atoms with Gasteiger partial charge in [-0.05, 0) is 57.2 Å². The lowest BCUT2D eigenvalue weighted by molar-refractivity contribution is 0.102. The summed E-state index contributed by atoms with van der Waals surface area (Å²) < 4.78 is 11.3. The van der Waals surface area contributed by atoms with Gasteiger partial charge in [0, 0.05) is 10.0 Å². The third-order valence-corrected chi connectivity index (χ3v) is 4.39. The van der Waals surface area contributed by atoms with Crippen LogP contribution in [0.1, 0.15) is 36.7 Å². The van der Waals surface area contributed by atoms with E-state index < -0.39 is 0 Å². The fourth-order valence-electron chi connectivity index (χ4n) is 2.25. The molecule has 5 heteroatoms. The second-order valence-corrected chi connectivity index (χ2v) is 7.32. The van der Waals surface area contributed by atoms with Gasteiger partial charge >= 0.3 is 0 Å². The molecule has 0 unspecified atom stereocenters. The summed E-state index contributed by atoms with van der Waals surface area (Å²) in [5, 5.41) is 2.91. The van der Waals surface area contributed by atoms with Crippen molar-refractivity contribution in [3.8, 4) is 11.5 Å². The molecule has 0 saturated heterocycles. The Balaban J connectivity index is 2.24. The van der Waals surface area contributed by atoms with Gasteiger partial charge in [0.25, 0.3) is 5.91 Å². The van der Waals surface area contributed by atoms with Crippen molar-refractivity contribution < 1.29 is 14.3 Å². The minimum atomic E-state index is -0.208. The van der Waals surface area contributed by atoms with Crippen molar-refractivity contribution in [2.45, 2.75) is 26.2 Å². The number of anilines is 1. The second kappa shape index (κ2) is 7.26. The lowest BCUT2D eigenvalue weighted by Crippen LogP contribution is -2.14. The molecule has 4 nitrogen and oxygen atoms in total. The van der Waals surface area contributed by atoms with Gasteiger partial charge in [-0.2, -0.15) is 0 Å². The van der Waals surface area contributed by atoms with Crippen molar-refractivity contribution in [1.29, 1.82) is 0 Å². The first kappa shape index (κ1) is 18.3. The van der Waals surface area contributed by atoms with Crippen LogP contribution in [0.3, 0.4) is 0 Å². The number of rotatable bonds is 4. The fraction of sp³-hybridized carbons (Fsp3) is 0.316. The average Bonchev–Trinajstić information content (AvgIpc) is 2.54. The van der Waals surface area contributed by atoms with Crippen LogP contribution >= 0.6 is 15.9 Å². The Morgan fingerprint density at radius 3 is 2.21 bits per heavy atom. The number of amides is 1. The highest BCUT2D eigenvalue weighted by molar-refractivity contribution is 9.10. The van der Waals surface area contributed by atoms with E-state index in [0.717, 1.165) is 10.2 Å². The molecule has 0 atom stereocenters. The third kappa shape index (κ3) is 4.09. The third-order valence-electron chi connectivity index (χ3n) is 3.73. The quantitative estimate of drug-likeness (QED) is 0.795. The first-order valence-corrected chi connectivity index (χ1v) is 8.39. The maximum atomic E-state index is 12.5. The van der Waals surface area contributed by atoms with Crippen LogP contribution in [0.15, 0.2) is 40.9 Å². The molecular formula is C19H22BrNO3. The minimum absolute atomic E-state index is 0.0500. The molecule has 24 heavy (non-hydrogen) atoms. The molecule has 0 spiro atoms. The average molecular weight is 392 g/mol. The number of nitrogens with one attached hydrogen (secondary N) is 1. The molecular weight excluding hydrogens is 370 g/mol. The molecule has 0 saturated carbocycles. The normalized spacial score (nSPS) is 11.1. The summed E-state index contributed by atoms with van der Waals surface area (Å²) in [5.41, 5.74) is 2.47. The van der Waals surface area contributed by atoms with Crippen LogP contribution in [0.25, 0.3) is 0 Å². The van der Waals surface area contributed by atoms with Gasteiger partial charge in [0.1, 0.15) is 0 Å². The molecule has 0 radical (unpaired) electrons. The van der Waals surface area contributed by atoms with E-state index in [1.165, 1.54) is 5.56 Å². The van der Waals surface area contributed by atoms with Gasteiger partial charge in [-0.1, -0.05) is 26.8 Å². The molecule has 0 aliphatic rings. The number of carbonyl (C=O) groups is 1. The van der Waals surface area contributed by atoms with E-state index in [2.05, 4.69) is 42.0 Å². The van der Waals surface area contributed by atoms with Crippen LogP contribution in [-0.2, 0) is 5.41 Å². The van der Waals surface area contributed by atoms with Gasteiger partial charge in [-0.3, -0.25) is 4.79 Å². The fourth-order valence-corrected chi connectivity index (χ4v) is 2.73. The van der Waals surface area contributed by atoms with E-state index in [4.69, 9.17) is 9.47 Å². The summed E-state index contributed by atoms with van der Waals surface area (Å²) in [4.78, 5) is 12.5. The smallest absolute Gasteiger partial charge is 0.255 e. The largest absolute Gasteiger partial charge is 0.493 e. The van der Waals surface area contributed by atoms with E-state index in [0.29, 0.717) is 17.1 Å². The van der Waals surface area contributed by atoms with Crippen LogP contribution in [0.2, 0.25) is 0 Å². The van der Waals surface area contributed by atoms with E-state index >= 15 is 0 Å². The number of methoxy groups -OCH3 is 2. The molecule has 0 heterocycles. The molecule has 0 aliphatic heterocycles. The van der Waals surface area contributed by atoms with Crippen molar-refractivity contribution in [1.82, 2.24) is 0 Å². The Labute approximate surface area is 151 Å². The summed E-state index contributed by atoms with van der Waals surface area (Å²) >= 11 is 3.53. The van der Waals surface area contributed by atoms with Crippen molar-refractivity contribution in [2.24, 2.45) is 0 Å². The monoisotopic (exact) mass is 391 g/mol. The number of hydrogen-bond acceptors (Lipinski definition) is 3. The van der Waals surface area contributed by atoms with Crippen LogP contribution in [0, 0.1) is 0 Å². The van der Waals surface area contributed by atoms with Gasteiger partial charge in [-0.25, -0.2) is 0 Å². The molecule has 0 aliphatic carbocycles. The number of carbonyl (C=O) groups excluding carboxylic acids is 1. The van der Waals surface area contributed by atoms with Gasteiger partial charge in [0.15, 0.2) is 11.5 Å². The summed E-state index contributed by atoms with van der Waals surface area (Å²) in [7, 11) is 3.10. The maximum absolute atomic E-state index is 12.5. The minimum Gasteiger partial charge on any atom is -0.493 e. The molecule has 0 fully saturated rings. The molecule has 2 aromatic carbocycles. The van der Waals surface area contributed by atoms with E-state index in [1.54, 1.807) is 32.4 Å². The molecule has 128 valence electrons. The second-order valence-electron chi connectivity index (χ2n) is 6.47. The Kier molecular flexibility index (Phi) is 5.54. The highest BCUT2D eigenvalue weighted by atomic mass is 79.9. The standard InChI is InChI=1S/C19H22BrNO3/c1-19(2,3)13-7-8-15(14(20)11-13)21-18(22)12-6-9-16(23-4)17(10-12)24-5/h6-11H,1-5H3,(H,21,22). The van der Waals surface area contributed by atoms with Crippen LogP contribution < -0.4 is 14.8 Å². The highest BCUT2D eigenvalue weighted by Gasteiger charge is 2.16. The van der Waals surface area contributed by atoms with E-state index in [-0.39, 0.29) is 11.3 Å². The number of benzene rings is 2.